The highest BCUT2D eigenvalue weighted by Crippen LogP contribution is 2.15. The lowest BCUT2D eigenvalue weighted by Gasteiger charge is -2.10. The molecule has 84 valence electrons. The molecule has 0 radical (unpaired) electrons. The first-order valence-electron chi connectivity index (χ1n) is 5.21. The zero-order valence-electron chi connectivity index (χ0n) is 9.47. The minimum absolute atomic E-state index is 0.471. The van der Waals surface area contributed by atoms with Crippen LogP contribution < -0.4 is 5.73 Å². The third-order valence-corrected chi connectivity index (χ3v) is 2.22. The van der Waals surface area contributed by atoms with Crippen molar-refractivity contribution in [3.8, 4) is 0 Å². The molecule has 0 unspecified atom stereocenters. The van der Waals surface area contributed by atoms with Gasteiger partial charge >= 0.3 is 0 Å². The first-order valence-corrected chi connectivity index (χ1v) is 5.21. The fourth-order valence-electron chi connectivity index (χ4n) is 1.37. The third kappa shape index (κ3) is 2.46. The number of hydrogen-bond donors (Lipinski definition) is 1. The van der Waals surface area contributed by atoms with Gasteiger partial charge in [-0.05, 0) is 19.4 Å². The molecule has 4 nitrogen and oxygen atoms in total. The smallest absolute Gasteiger partial charge is 0.246 e. The van der Waals surface area contributed by atoms with Crippen LogP contribution in [0.5, 0.6) is 0 Å². The summed E-state index contributed by atoms with van der Waals surface area (Å²) in [6, 6.07) is 10.0. The van der Waals surface area contributed by atoms with Crippen molar-refractivity contribution in [1.82, 2.24) is 10.1 Å². The summed E-state index contributed by atoms with van der Waals surface area (Å²) in [7, 11) is 0. The van der Waals surface area contributed by atoms with Gasteiger partial charge in [0, 0.05) is 6.42 Å². The van der Waals surface area contributed by atoms with Crippen LogP contribution in [0, 0.1) is 0 Å². The van der Waals surface area contributed by atoms with E-state index in [1.807, 2.05) is 44.2 Å². The van der Waals surface area contributed by atoms with Gasteiger partial charge in [0.1, 0.15) is 0 Å². The summed E-state index contributed by atoms with van der Waals surface area (Å²) in [5, 5.41) is 3.91. The van der Waals surface area contributed by atoms with Gasteiger partial charge in [-0.1, -0.05) is 35.5 Å². The van der Waals surface area contributed by atoms with Crippen LogP contribution in [0.3, 0.4) is 0 Å². The predicted octanol–water partition coefficient (Wildman–Crippen LogP) is 1.85. The molecule has 2 rings (SSSR count). The van der Waals surface area contributed by atoms with Crippen LogP contribution in [-0.4, -0.2) is 10.1 Å². The van der Waals surface area contributed by atoms with Crippen molar-refractivity contribution in [2.24, 2.45) is 5.73 Å². The van der Waals surface area contributed by atoms with Gasteiger partial charge in [-0.25, -0.2) is 0 Å². The van der Waals surface area contributed by atoms with Gasteiger partial charge in [-0.2, -0.15) is 4.98 Å². The highest BCUT2D eigenvalue weighted by atomic mass is 16.5. The number of hydrogen-bond acceptors (Lipinski definition) is 4. The van der Waals surface area contributed by atoms with Crippen LogP contribution >= 0.6 is 0 Å². The van der Waals surface area contributed by atoms with Gasteiger partial charge in [0.15, 0.2) is 5.82 Å². The van der Waals surface area contributed by atoms with Gasteiger partial charge in [0.25, 0.3) is 0 Å². The molecule has 2 aromatic rings. The van der Waals surface area contributed by atoms with E-state index in [2.05, 4.69) is 10.1 Å². The molecule has 0 aliphatic heterocycles. The number of rotatable bonds is 3. The maximum absolute atomic E-state index is 5.87. The molecule has 0 bridgehead atoms. The topological polar surface area (TPSA) is 64.9 Å². The number of aromatic nitrogens is 2. The summed E-state index contributed by atoms with van der Waals surface area (Å²) >= 11 is 0. The van der Waals surface area contributed by atoms with Gasteiger partial charge in [-0.15, -0.1) is 0 Å². The Morgan fingerprint density at radius 3 is 2.50 bits per heavy atom. The Kier molecular flexibility index (Phi) is 2.75. The first kappa shape index (κ1) is 10.8. The molecule has 0 atom stereocenters. The average molecular weight is 217 g/mol. The zero-order valence-corrected chi connectivity index (χ0v) is 9.47. The molecule has 0 fully saturated rings. The van der Waals surface area contributed by atoms with E-state index in [-0.39, 0.29) is 0 Å². The summed E-state index contributed by atoms with van der Waals surface area (Å²) in [5.41, 5.74) is 6.44. The molecular weight excluding hydrogens is 202 g/mol. The summed E-state index contributed by atoms with van der Waals surface area (Å²) in [4.78, 5) is 4.27. The third-order valence-electron chi connectivity index (χ3n) is 2.22. The van der Waals surface area contributed by atoms with Crippen LogP contribution in [0.1, 0.15) is 31.1 Å². The SMILES string of the molecule is CC(C)(N)c1nc(Cc2ccccc2)no1. The molecule has 1 heterocycles. The second-order valence-electron chi connectivity index (χ2n) is 4.40. The largest absolute Gasteiger partial charge is 0.337 e. The molecule has 1 aromatic heterocycles. The fourth-order valence-corrected chi connectivity index (χ4v) is 1.37. The van der Waals surface area contributed by atoms with Gasteiger partial charge in [-0.3, -0.25) is 0 Å². The molecule has 1 aromatic carbocycles. The lowest BCUT2D eigenvalue weighted by atomic mass is 10.1. The highest BCUT2D eigenvalue weighted by Gasteiger charge is 2.22. The van der Waals surface area contributed by atoms with Crippen LogP contribution in [0.15, 0.2) is 34.9 Å². The van der Waals surface area contributed by atoms with E-state index in [4.69, 9.17) is 10.3 Å². The summed E-state index contributed by atoms with van der Waals surface area (Å²) in [6.07, 6.45) is 0.667. The van der Waals surface area contributed by atoms with Crippen molar-refractivity contribution in [3.63, 3.8) is 0 Å². The lowest BCUT2D eigenvalue weighted by Crippen LogP contribution is -2.29. The molecule has 0 saturated heterocycles. The molecule has 0 amide bonds. The van der Waals surface area contributed by atoms with Crippen molar-refractivity contribution < 1.29 is 4.52 Å². The van der Waals surface area contributed by atoms with Crippen LogP contribution in [-0.2, 0) is 12.0 Å². The lowest BCUT2D eigenvalue weighted by molar-refractivity contribution is 0.310. The van der Waals surface area contributed by atoms with E-state index in [0.717, 1.165) is 5.56 Å². The van der Waals surface area contributed by atoms with Crippen LogP contribution in [0.4, 0.5) is 0 Å². The van der Waals surface area contributed by atoms with Crippen molar-refractivity contribution in [2.45, 2.75) is 25.8 Å². The molecular formula is C12H15N3O. The van der Waals surface area contributed by atoms with E-state index in [1.54, 1.807) is 0 Å². The van der Waals surface area contributed by atoms with Crippen molar-refractivity contribution in [3.05, 3.63) is 47.6 Å². The Morgan fingerprint density at radius 1 is 1.25 bits per heavy atom. The first-order chi connectivity index (χ1) is 7.55. The van der Waals surface area contributed by atoms with E-state index in [1.165, 1.54) is 0 Å². The van der Waals surface area contributed by atoms with E-state index in [0.29, 0.717) is 18.1 Å². The maximum atomic E-state index is 5.87. The van der Waals surface area contributed by atoms with Gasteiger partial charge < -0.3 is 10.3 Å². The fraction of sp³-hybridized carbons (Fsp3) is 0.333. The van der Waals surface area contributed by atoms with E-state index >= 15 is 0 Å². The molecule has 0 aliphatic carbocycles. The minimum Gasteiger partial charge on any atom is -0.337 e. The molecule has 2 N–H and O–H groups in total. The molecule has 16 heavy (non-hydrogen) atoms. The van der Waals surface area contributed by atoms with E-state index in [9.17, 15) is 0 Å². The second kappa shape index (κ2) is 4.06. The molecule has 0 spiro atoms. The van der Waals surface area contributed by atoms with Crippen molar-refractivity contribution >= 4 is 0 Å². The molecule has 0 saturated carbocycles. The average Bonchev–Trinajstić information content (AvgIpc) is 2.67. The maximum Gasteiger partial charge on any atom is 0.246 e. The number of nitrogens with zero attached hydrogens (tertiary/aromatic N) is 2. The van der Waals surface area contributed by atoms with E-state index < -0.39 is 5.54 Å². The quantitative estimate of drug-likeness (QED) is 0.852. The van der Waals surface area contributed by atoms with Crippen LogP contribution in [0.2, 0.25) is 0 Å². The standard InChI is InChI=1S/C12H15N3O/c1-12(2,13)11-14-10(15-16-11)8-9-6-4-3-5-7-9/h3-7H,8,13H2,1-2H3. The number of nitrogens with two attached hydrogens (primary N) is 1. The van der Waals surface area contributed by atoms with Crippen molar-refractivity contribution in [1.29, 1.82) is 0 Å². The zero-order chi connectivity index (χ0) is 11.6. The second-order valence-corrected chi connectivity index (χ2v) is 4.40. The Morgan fingerprint density at radius 2 is 1.94 bits per heavy atom. The Labute approximate surface area is 94.5 Å². The van der Waals surface area contributed by atoms with Gasteiger partial charge in [0.2, 0.25) is 5.89 Å². The summed E-state index contributed by atoms with van der Waals surface area (Å²) < 4.78 is 5.12. The Balaban J connectivity index is 2.15. The van der Waals surface area contributed by atoms with Crippen LogP contribution in [0.25, 0.3) is 0 Å². The molecule has 0 aliphatic rings. The normalized spacial score (nSPS) is 11.7. The summed E-state index contributed by atoms with van der Waals surface area (Å²) in [6.45, 7) is 3.68. The molecule has 4 heteroatoms. The summed E-state index contributed by atoms with van der Waals surface area (Å²) in [5.74, 6) is 1.14. The Hall–Kier alpha value is -1.68. The monoisotopic (exact) mass is 217 g/mol. The highest BCUT2D eigenvalue weighted by molar-refractivity contribution is 5.18. The predicted molar refractivity (Wildman–Crippen MR) is 60.8 cm³/mol. The Bertz CT molecular complexity index is 457. The van der Waals surface area contributed by atoms with Crippen molar-refractivity contribution in [2.75, 3.05) is 0 Å². The minimum atomic E-state index is -0.581. The number of benzene rings is 1. The van der Waals surface area contributed by atoms with Gasteiger partial charge in [0.05, 0.1) is 5.54 Å².